The number of fused-ring (bicyclic) bond motifs is 20. The monoisotopic (exact) mass is 1800 g/mol. The molecular formula is C127H95ClN8O2. The van der Waals surface area contributed by atoms with E-state index in [0.29, 0.717) is 0 Å². The summed E-state index contributed by atoms with van der Waals surface area (Å²) in [6.45, 7) is 13.4. The average Bonchev–Trinajstić information content (AvgIpc) is 1.56. The number of aromatic nitrogens is 7. The molecule has 0 unspecified atom stereocenters. The van der Waals surface area contributed by atoms with E-state index >= 15 is 0 Å². The van der Waals surface area contributed by atoms with Crippen molar-refractivity contribution in [3.8, 4) is 124 Å². The van der Waals surface area contributed by atoms with Gasteiger partial charge in [0.1, 0.15) is 46.0 Å². The number of aromatic amines is 1. The van der Waals surface area contributed by atoms with Crippen LogP contribution in [0.3, 0.4) is 0 Å². The molecule has 0 radical (unpaired) electrons. The summed E-state index contributed by atoms with van der Waals surface area (Å²) in [5, 5.41) is 15.4. The molecule has 1 aliphatic heterocycles. The Morgan fingerprint density at radius 1 is 0.290 bits per heavy atom. The molecule has 18 aromatic carbocycles. The van der Waals surface area contributed by atoms with Crippen molar-refractivity contribution in [2.45, 2.75) is 52.4 Å². The van der Waals surface area contributed by atoms with Gasteiger partial charge in [-0.3, -0.25) is 9.13 Å². The Morgan fingerprint density at radius 2 is 0.703 bits per heavy atom. The van der Waals surface area contributed by atoms with Gasteiger partial charge in [-0.2, -0.15) is 9.13 Å². The molecule has 1 aliphatic rings. The zero-order valence-electron chi connectivity index (χ0n) is 77.2. The third-order valence-electron chi connectivity index (χ3n) is 27.1. The van der Waals surface area contributed by atoms with Gasteiger partial charge in [-0.05, 0) is 197 Å². The minimum absolute atomic E-state index is 0. The van der Waals surface area contributed by atoms with Gasteiger partial charge in [-0.15, -0.1) is 0 Å². The van der Waals surface area contributed by atoms with E-state index in [2.05, 4.69) is 495 Å². The molecule has 138 heavy (non-hydrogen) atoms. The molecule has 24 aromatic rings. The van der Waals surface area contributed by atoms with E-state index in [0.717, 1.165) is 162 Å². The van der Waals surface area contributed by atoms with Crippen LogP contribution in [0.1, 0.15) is 52.7 Å². The molecule has 0 fully saturated rings. The Morgan fingerprint density at radius 3 is 1.31 bits per heavy atom. The summed E-state index contributed by atoms with van der Waals surface area (Å²) in [5.74, 6) is 4.72. The fourth-order valence-electron chi connectivity index (χ4n) is 20.6. The molecule has 0 saturated heterocycles. The van der Waals surface area contributed by atoms with Crippen LogP contribution in [0.5, 0.6) is 23.0 Å². The molecule has 0 spiro atoms. The summed E-state index contributed by atoms with van der Waals surface area (Å²) in [5.41, 5.74) is 31.3. The summed E-state index contributed by atoms with van der Waals surface area (Å²) in [6, 6.07) is 156. The lowest BCUT2D eigenvalue weighted by Crippen LogP contribution is -3.00. The molecule has 0 atom stereocenters. The second-order valence-corrected chi connectivity index (χ2v) is 37.5. The van der Waals surface area contributed by atoms with Crippen molar-refractivity contribution in [2.75, 3.05) is 5.32 Å². The number of rotatable bonds is 13. The van der Waals surface area contributed by atoms with Crippen LogP contribution >= 0.6 is 0 Å². The van der Waals surface area contributed by atoms with E-state index in [1.165, 1.54) is 82.6 Å². The van der Waals surface area contributed by atoms with Crippen LogP contribution in [0.15, 0.2) is 455 Å². The number of nitrogens with zero attached hydrogens (tertiary/aromatic N) is 6. The maximum atomic E-state index is 6.87. The molecule has 2 N–H and O–H groups in total. The van der Waals surface area contributed by atoms with Gasteiger partial charge in [0, 0.05) is 102 Å². The van der Waals surface area contributed by atoms with Crippen molar-refractivity contribution >= 4 is 109 Å². The number of imidazole rings is 1. The first kappa shape index (κ1) is 85.0. The first-order chi connectivity index (χ1) is 67.2. The van der Waals surface area contributed by atoms with Crippen LogP contribution < -0.4 is 31.8 Å². The fourth-order valence-corrected chi connectivity index (χ4v) is 20.6. The lowest BCUT2D eigenvalue weighted by atomic mass is 9.84. The third kappa shape index (κ3) is 15.3. The molecule has 0 bridgehead atoms. The minimum atomic E-state index is -0.0213. The molecule has 7 heterocycles. The van der Waals surface area contributed by atoms with Crippen LogP contribution in [0.25, 0.3) is 199 Å². The van der Waals surface area contributed by atoms with Gasteiger partial charge < -0.3 is 32.2 Å². The smallest absolute Gasteiger partial charge is 0.255 e. The average molecular weight is 1800 g/mol. The minimum Gasteiger partial charge on any atom is -1.00 e. The number of pyridine rings is 2. The second kappa shape index (κ2) is 35.0. The number of hydrogen-bond donors (Lipinski definition) is 2. The van der Waals surface area contributed by atoms with Crippen molar-refractivity contribution in [2.24, 2.45) is 0 Å². The molecule has 0 saturated carbocycles. The number of ether oxygens (including phenoxy) is 2. The zero-order chi connectivity index (χ0) is 92.0. The first-order valence-corrected chi connectivity index (χ1v) is 47.0. The van der Waals surface area contributed by atoms with Crippen LogP contribution in [0.2, 0.25) is 0 Å². The number of halogens is 1. The lowest BCUT2D eigenvalue weighted by molar-refractivity contribution is -0.566. The SMILES string of the molecule is CC(C)(C)c1ccnc(-n2c3ccccc3c3ccc(Oc4cccc(-n5c[n+]6c7c(cccc75)-c5ccccc5-c5cccc(-c7ccccc7)c5-c5cccc(-c7ccccc7)c5-6)c4)cc32)c1.CC(C)(C)c1ccnc(-n2c3ccccc3c3ccc(Oc4cccc(Nc5cccc6c5[nH]c5c(-c7ccccc7)cccc5c5c(-c7ccccc7)cccc5c5ccccc65)c4)cc32)c1.[Cl-]. The first-order valence-electron chi connectivity index (χ1n) is 47.0. The molecule has 6 aromatic heterocycles. The van der Waals surface area contributed by atoms with Crippen LogP contribution in [0.4, 0.5) is 11.4 Å². The quantitative estimate of drug-likeness (QED) is 0.112. The van der Waals surface area contributed by atoms with Crippen LogP contribution in [-0.4, -0.2) is 28.7 Å². The van der Waals surface area contributed by atoms with E-state index < -0.39 is 0 Å². The Kier molecular flexibility index (Phi) is 21.6. The Hall–Kier alpha value is -17.2. The highest BCUT2D eigenvalue weighted by Gasteiger charge is 2.33. The zero-order valence-corrected chi connectivity index (χ0v) is 77.9. The molecule has 0 aliphatic carbocycles. The fraction of sp³-hybridized carbons (Fsp3) is 0.0630. The Bertz CT molecular complexity index is 8970. The van der Waals surface area contributed by atoms with Gasteiger partial charge in [0.15, 0.2) is 11.0 Å². The van der Waals surface area contributed by atoms with E-state index in [9.17, 15) is 0 Å². The van der Waals surface area contributed by atoms with E-state index in [1.54, 1.807) is 0 Å². The maximum Gasteiger partial charge on any atom is 0.255 e. The summed E-state index contributed by atoms with van der Waals surface area (Å²) >= 11 is 0. The normalized spacial score (nSPS) is 11.8. The molecular weight excluding hydrogens is 1700 g/mol. The Balaban J connectivity index is 0.000000153. The van der Waals surface area contributed by atoms with Crippen LogP contribution in [-0.2, 0) is 10.8 Å². The summed E-state index contributed by atoms with van der Waals surface area (Å²) in [4.78, 5) is 13.9. The van der Waals surface area contributed by atoms with Crippen molar-refractivity contribution in [1.82, 2.24) is 28.7 Å². The van der Waals surface area contributed by atoms with Crippen molar-refractivity contribution < 1.29 is 26.4 Å². The lowest BCUT2D eigenvalue weighted by Gasteiger charge is -2.20. The molecule has 0 amide bonds. The number of H-pyrrole nitrogens is 1. The van der Waals surface area contributed by atoms with Crippen LogP contribution in [0, 0.1) is 0 Å². The van der Waals surface area contributed by atoms with Crippen molar-refractivity contribution in [3.63, 3.8) is 0 Å². The second-order valence-electron chi connectivity index (χ2n) is 37.5. The molecule has 25 rings (SSSR count). The largest absolute Gasteiger partial charge is 1.00 e. The third-order valence-corrected chi connectivity index (χ3v) is 27.1. The van der Waals surface area contributed by atoms with Gasteiger partial charge in [0.2, 0.25) is 0 Å². The van der Waals surface area contributed by atoms with E-state index in [1.807, 2.05) is 30.6 Å². The highest BCUT2D eigenvalue weighted by Crippen LogP contribution is 2.51. The Labute approximate surface area is 807 Å². The maximum absolute atomic E-state index is 6.87. The molecule has 11 heteroatoms. The topological polar surface area (TPSA) is 90.7 Å². The summed E-state index contributed by atoms with van der Waals surface area (Å²) in [7, 11) is 0. The highest BCUT2D eigenvalue weighted by molar-refractivity contribution is 6.25. The predicted octanol–water partition coefficient (Wildman–Crippen LogP) is 30.6. The number of nitrogens with one attached hydrogen (secondary N) is 2. The van der Waals surface area contributed by atoms with Crippen molar-refractivity contribution in [3.05, 3.63) is 467 Å². The van der Waals surface area contributed by atoms with E-state index in [4.69, 9.17) is 19.4 Å². The van der Waals surface area contributed by atoms with Gasteiger partial charge in [-0.1, -0.05) is 351 Å². The summed E-state index contributed by atoms with van der Waals surface area (Å²) < 4.78 is 22.9. The highest BCUT2D eigenvalue weighted by atomic mass is 35.5. The van der Waals surface area contributed by atoms with Gasteiger partial charge in [0.05, 0.1) is 38.8 Å². The van der Waals surface area contributed by atoms with Crippen molar-refractivity contribution in [1.29, 1.82) is 0 Å². The van der Waals surface area contributed by atoms with Gasteiger partial charge >= 0.3 is 0 Å². The molecule has 10 nitrogen and oxygen atoms in total. The standard InChI is InChI=1S/C64H47N4O.C63H48N4O.ClH/c1-64(2,3)44-36-37-65-60(38-44)68-57-32-13-12-26-52(57)53-35-34-47(40-59(53)68)69-46-23-14-22-45(39-46)66-41-67-62-49(43-20-8-5-9-21-43)28-16-31-56(62)61-48(42-18-6-4-7-19-42)27-15-29-54(61)50-24-10-11-25-51(50)55-30-17-33-58(66)63(55)67;1-63(2,3)43-36-37-64-59(38-43)67-57-33-13-12-26-51(57)52-35-34-46(40-58(52)67)68-45-23-14-22-44(39-45)65-56-32-17-30-54-50-25-11-10-24-49(50)53-29-15-27-47(41-18-6-4-7-19-41)60(53)55-31-16-28-48(61(55)66-62(54)56)42-20-8-5-9-21-42;/h4-41H,1-3H3;4-40,65-66H,1-3H3;1H/q+1;;/p-1. The molecule has 662 valence electrons. The summed E-state index contributed by atoms with van der Waals surface area (Å²) in [6.07, 6.45) is 6.12. The number of hydrogen-bond acceptors (Lipinski definition) is 5. The number of anilines is 2. The van der Waals surface area contributed by atoms with Gasteiger partial charge in [-0.25, -0.2) is 9.97 Å². The van der Waals surface area contributed by atoms with Gasteiger partial charge in [0.25, 0.3) is 6.33 Å². The number of para-hydroxylation sites is 6. The predicted molar refractivity (Wildman–Crippen MR) is 569 cm³/mol. The van der Waals surface area contributed by atoms with E-state index in [-0.39, 0.29) is 23.2 Å². The number of benzene rings is 18.